The molecule has 0 aliphatic carbocycles. The van der Waals surface area contributed by atoms with E-state index in [1.165, 1.54) is 0 Å². The maximum absolute atomic E-state index is 13.4. The lowest BCUT2D eigenvalue weighted by atomic mass is 10.1. The van der Waals surface area contributed by atoms with Gasteiger partial charge in [0.05, 0.1) is 17.7 Å². The molecule has 0 saturated heterocycles. The molecule has 0 heterocycles. The van der Waals surface area contributed by atoms with Crippen molar-refractivity contribution >= 4 is 17.4 Å². The third-order valence-corrected chi connectivity index (χ3v) is 2.27. The van der Waals surface area contributed by atoms with Crippen LogP contribution in [-0.4, -0.2) is 19.4 Å². The van der Waals surface area contributed by atoms with Crippen LogP contribution in [-0.2, 0) is 0 Å². The third-order valence-electron chi connectivity index (χ3n) is 1.99. The molecule has 1 aromatic carbocycles. The molecule has 2 N–H and O–H groups in total. The molecule has 0 spiro atoms. The number of halogens is 3. The molecule has 88 valence electrons. The molecule has 0 fully saturated rings. The van der Waals surface area contributed by atoms with Crippen molar-refractivity contribution in [2.45, 2.75) is 6.42 Å². The summed E-state index contributed by atoms with van der Waals surface area (Å²) in [4.78, 5) is 11.5. The first-order valence-corrected chi connectivity index (χ1v) is 4.85. The van der Waals surface area contributed by atoms with E-state index >= 15 is 0 Å². The van der Waals surface area contributed by atoms with E-state index in [-0.39, 0.29) is 18.5 Å². The van der Waals surface area contributed by atoms with Crippen LogP contribution in [0.25, 0.3) is 0 Å². The zero-order chi connectivity index (χ0) is 12.3. The number of ketones is 1. The maximum Gasteiger partial charge on any atom is 0.202 e. The summed E-state index contributed by atoms with van der Waals surface area (Å²) in [6.07, 6.45) is 0.0117. The predicted molar refractivity (Wildman–Crippen MR) is 55.9 cm³/mol. The molecule has 0 bridgehead atoms. The van der Waals surface area contributed by atoms with Crippen molar-refractivity contribution in [3.05, 3.63) is 28.3 Å². The Balaban J connectivity index is 3.33. The molecule has 0 aliphatic heterocycles. The van der Waals surface area contributed by atoms with Crippen molar-refractivity contribution in [3.8, 4) is 5.75 Å². The number of carbonyl (C=O) groups excluding carboxylic acids is 1. The molecular formula is C10H10ClF2NO2. The van der Waals surface area contributed by atoms with E-state index in [0.29, 0.717) is 0 Å². The Kier molecular flexibility index (Phi) is 4.20. The van der Waals surface area contributed by atoms with Gasteiger partial charge in [-0.15, -0.1) is 0 Å². The Hall–Kier alpha value is -1.20. The Labute approximate surface area is 96.1 Å². The van der Waals surface area contributed by atoms with E-state index in [4.69, 9.17) is 17.3 Å². The van der Waals surface area contributed by atoms with Crippen LogP contribution in [0.3, 0.4) is 0 Å². The highest BCUT2D eigenvalue weighted by Crippen LogP contribution is 2.30. The molecule has 16 heavy (non-hydrogen) atoms. The Morgan fingerprint density at radius 2 is 2.12 bits per heavy atom. The van der Waals surface area contributed by atoms with Gasteiger partial charge in [0, 0.05) is 6.42 Å². The Morgan fingerprint density at radius 3 is 2.62 bits per heavy atom. The van der Waals surface area contributed by atoms with Crippen LogP contribution in [0, 0.1) is 11.6 Å². The van der Waals surface area contributed by atoms with Crippen molar-refractivity contribution in [1.29, 1.82) is 0 Å². The van der Waals surface area contributed by atoms with Gasteiger partial charge in [-0.1, -0.05) is 11.6 Å². The van der Waals surface area contributed by atoms with E-state index in [1.54, 1.807) is 0 Å². The largest absolute Gasteiger partial charge is 0.493 e. The summed E-state index contributed by atoms with van der Waals surface area (Å²) < 4.78 is 31.1. The van der Waals surface area contributed by atoms with Crippen LogP contribution >= 0.6 is 11.6 Å². The number of nitrogens with two attached hydrogens (primary N) is 1. The first-order chi connectivity index (χ1) is 7.52. The van der Waals surface area contributed by atoms with Gasteiger partial charge < -0.3 is 10.5 Å². The van der Waals surface area contributed by atoms with E-state index < -0.39 is 28.2 Å². The van der Waals surface area contributed by atoms with Gasteiger partial charge in [-0.2, -0.15) is 4.39 Å². The van der Waals surface area contributed by atoms with Gasteiger partial charge >= 0.3 is 0 Å². The van der Waals surface area contributed by atoms with E-state index in [2.05, 4.69) is 4.74 Å². The number of hydrogen-bond acceptors (Lipinski definition) is 3. The van der Waals surface area contributed by atoms with Crippen LogP contribution < -0.4 is 10.5 Å². The third kappa shape index (κ3) is 2.31. The Bertz CT molecular complexity index is 424. The Morgan fingerprint density at radius 1 is 1.50 bits per heavy atom. The quantitative estimate of drug-likeness (QED) is 0.657. The molecule has 0 radical (unpaired) electrons. The summed E-state index contributed by atoms with van der Waals surface area (Å²) in [7, 11) is 1.14. The second-order valence-corrected chi connectivity index (χ2v) is 3.44. The number of carbonyl (C=O) groups is 1. The van der Waals surface area contributed by atoms with Crippen LogP contribution in [0.15, 0.2) is 6.07 Å². The van der Waals surface area contributed by atoms with Gasteiger partial charge in [0.1, 0.15) is 0 Å². The van der Waals surface area contributed by atoms with Crippen molar-refractivity contribution in [2.75, 3.05) is 13.7 Å². The van der Waals surface area contributed by atoms with Crippen molar-refractivity contribution in [2.24, 2.45) is 5.73 Å². The number of benzene rings is 1. The van der Waals surface area contributed by atoms with Gasteiger partial charge in [-0.05, 0) is 12.6 Å². The zero-order valence-corrected chi connectivity index (χ0v) is 9.28. The summed E-state index contributed by atoms with van der Waals surface area (Å²) in [6.45, 7) is 0.110. The fourth-order valence-electron chi connectivity index (χ4n) is 1.25. The van der Waals surface area contributed by atoms with Gasteiger partial charge in [0.15, 0.2) is 17.3 Å². The van der Waals surface area contributed by atoms with Gasteiger partial charge in [-0.25, -0.2) is 4.39 Å². The average Bonchev–Trinajstić information content (AvgIpc) is 2.26. The number of hydrogen-bond donors (Lipinski definition) is 1. The molecule has 1 aromatic rings. The average molecular weight is 250 g/mol. The summed E-state index contributed by atoms with van der Waals surface area (Å²) in [5, 5.41) is -0.460. The number of methoxy groups -OCH3 is 1. The highest BCUT2D eigenvalue weighted by atomic mass is 35.5. The minimum atomic E-state index is -1.27. The molecule has 0 aliphatic rings. The second-order valence-electron chi connectivity index (χ2n) is 3.03. The summed E-state index contributed by atoms with van der Waals surface area (Å²) >= 11 is 5.44. The van der Waals surface area contributed by atoms with Gasteiger partial charge in [0.2, 0.25) is 5.82 Å². The highest BCUT2D eigenvalue weighted by molar-refractivity contribution is 6.31. The molecule has 0 unspecified atom stereocenters. The molecule has 0 atom stereocenters. The minimum absolute atomic E-state index is 0.0117. The lowest BCUT2D eigenvalue weighted by molar-refractivity contribution is 0.0981. The lowest BCUT2D eigenvalue weighted by Gasteiger charge is -2.09. The van der Waals surface area contributed by atoms with Crippen molar-refractivity contribution < 1.29 is 18.3 Å². The zero-order valence-electron chi connectivity index (χ0n) is 8.52. The van der Waals surface area contributed by atoms with Crippen molar-refractivity contribution in [3.63, 3.8) is 0 Å². The molecule has 1 rings (SSSR count). The summed E-state index contributed by atoms with van der Waals surface area (Å²) in [6, 6.07) is 1.04. The first kappa shape index (κ1) is 12.9. The monoisotopic (exact) mass is 249 g/mol. The molecule has 0 aromatic heterocycles. The van der Waals surface area contributed by atoms with Crippen LogP contribution in [0.2, 0.25) is 5.02 Å². The number of ether oxygens (including phenoxy) is 1. The topological polar surface area (TPSA) is 52.3 Å². The minimum Gasteiger partial charge on any atom is -0.493 e. The SMILES string of the molecule is COc1c(C(=O)CCN)cc(Cl)c(F)c1F. The molecule has 6 heteroatoms. The highest BCUT2D eigenvalue weighted by Gasteiger charge is 2.22. The van der Waals surface area contributed by atoms with Crippen LogP contribution in [0.1, 0.15) is 16.8 Å². The predicted octanol–water partition coefficient (Wildman–Crippen LogP) is 2.16. The number of rotatable bonds is 4. The normalized spacial score (nSPS) is 10.3. The standard InChI is InChI=1S/C10H10ClF2NO2/c1-16-10-5(7(15)2-3-14)4-6(11)8(12)9(10)13/h4H,2-3,14H2,1H3. The van der Waals surface area contributed by atoms with Crippen molar-refractivity contribution in [1.82, 2.24) is 0 Å². The number of Topliss-reactive ketones (excluding diaryl/α,β-unsaturated/α-hetero) is 1. The summed E-state index contributed by atoms with van der Waals surface area (Å²) in [5.41, 5.74) is 5.10. The first-order valence-electron chi connectivity index (χ1n) is 4.47. The molecular weight excluding hydrogens is 240 g/mol. The van der Waals surface area contributed by atoms with Gasteiger partial charge in [0.25, 0.3) is 0 Å². The van der Waals surface area contributed by atoms with E-state index in [0.717, 1.165) is 13.2 Å². The van der Waals surface area contributed by atoms with E-state index in [9.17, 15) is 13.6 Å². The fourth-order valence-corrected chi connectivity index (χ4v) is 1.44. The molecule has 3 nitrogen and oxygen atoms in total. The van der Waals surface area contributed by atoms with E-state index in [1.807, 2.05) is 0 Å². The lowest BCUT2D eigenvalue weighted by Crippen LogP contribution is -2.11. The maximum atomic E-state index is 13.4. The molecule has 0 amide bonds. The molecule has 0 saturated carbocycles. The summed E-state index contributed by atoms with van der Waals surface area (Å²) in [5.74, 6) is -3.39. The second kappa shape index (κ2) is 5.23. The smallest absolute Gasteiger partial charge is 0.202 e. The van der Waals surface area contributed by atoms with Crippen LogP contribution in [0.4, 0.5) is 8.78 Å². The van der Waals surface area contributed by atoms with Crippen LogP contribution in [0.5, 0.6) is 5.75 Å². The van der Waals surface area contributed by atoms with Gasteiger partial charge in [-0.3, -0.25) is 4.79 Å². The fraction of sp³-hybridized carbons (Fsp3) is 0.300.